The first-order valence-corrected chi connectivity index (χ1v) is 5.56. The first kappa shape index (κ1) is 11.0. The van der Waals surface area contributed by atoms with Gasteiger partial charge >= 0.3 is 0 Å². The lowest BCUT2D eigenvalue weighted by molar-refractivity contribution is 0.415. The van der Waals surface area contributed by atoms with Crippen LogP contribution >= 0.6 is 0 Å². The van der Waals surface area contributed by atoms with Crippen LogP contribution in [0.5, 0.6) is 5.75 Å². The molecule has 1 aromatic carbocycles. The van der Waals surface area contributed by atoms with Gasteiger partial charge < -0.3 is 15.0 Å². The number of ether oxygens (including phenoxy) is 1. The van der Waals surface area contributed by atoms with Gasteiger partial charge in [0.15, 0.2) is 0 Å². The molecule has 0 aliphatic carbocycles. The van der Waals surface area contributed by atoms with Gasteiger partial charge in [-0.2, -0.15) is 0 Å². The first-order chi connectivity index (χ1) is 7.69. The summed E-state index contributed by atoms with van der Waals surface area (Å²) in [5.74, 6) is 0.908. The van der Waals surface area contributed by atoms with E-state index in [1.807, 2.05) is 12.1 Å². The third kappa shape index (κ3) is 1.57. The Balaban J connectivity index is 2.80. The highest BCUT2D eigenvalue weighted by atomic mass is 16.5. The summed E-state index contributed by atoms with van der Waals surface area (Å²) in [6.45, 7) is 4.87. The Morgan fingerprint density at radius 1 is 1.38 bits per heavy atom. The number of aromatic nitrogens is 1. The highest BCUT2D eigenvalue weighted by Crippen LogP contribution is 2.31. The molecule has 2 aromatic rings. The van der Waals surface area contributed by atoms with Crippen LogP contribution in [-0.4, -0.2) is 11.7 Å². The lowest BCUT2D eigenvalue weighted by Crippen LogP contribution is -2.09. The third-order valence-corrected chi connectivity index (χ3v) is 2.85. The van der Waals surface area contributed by atoms with E-state index in [4.69, 9.17) is 10.5 Å². The summed E-state index contributed by atoms with van der Waals surface area (Å²) in [6.07, 6.45) is 0. The molecule has 0 radical (unpaired) electrons. The number of methoxy groups -OCH3 is 1. The summed E-state index contributed by atoms with van der Waals surface area (Å²) in [5.41, 5.74) is 8.07. The summed E-state index contributed by atoms with van der Waals surface area (Å²) in [4.78, 5) is 0. The maximum Gasteiger partial charge on any atom is 0.143 e. The Bertz CT molecular complexity index is 500. The molecule has 0 aliphatic rings. The summed E-state index contributed by atoms with van der Waals surface area (Å²) < 4.78 is 7.66. The predicted octanol–water partition coefficient (Wildman–Crippen LogP) is 2.69. The van der Waals surface area contributed by atoms with Crippen molar-refractivity contribution in [1.82, 2.24) is 4.57 Å². The van der Waals surface area contributed by atoms with Crippen LogP contribution in [0.4, 0.5) is 0 Å². The van der Waals surface area contributed by atoms with Crippen LogP contribution in [0.1, 0.15) is 25.6 Å². The van der Waals surface area contributed by atoms with Gasteiger partial charge in [-0.1, -0.05) is 12.1 Å². The molecule has 3 heteroatoms. The van der Waals surface area contributed by atoms with E-state index >= 15 is 0 Å². The number of nitrogens with two attached hydrogens (primary N) is 1. The normalized spacial score (nSPS) is 11.3. The third-order valence-electron chi connectivity index (χ3n) is 2.85. The van der Waals surface area contributed by atoms with E-state index in [1.54, 1.807) is 7.11 Å². The second-order valence-corrected chi connectivity index (χ2v) is 4.20. The number of rotatable bonds is 3. The van der Waals surface area contributed by atoms with Crippen LogP contribution in [0.25, 0.3) is 10.9 Å². The molecule has 0 saturated heterocycles. The van der Waals surface area contributed by atoms with Gasteiger partial charge in [0, 0.05) is 23.7 Å². The van der Waals surface area contributed by atoms with E-state index in [0.717, 1.165) is 17.0 Å². The molecule has 0 saturated carbocycles. The molecule has 0 fully saturated rings. The van der Waals surface area contributed by atoms with Gasteiger partial charge in [0.25, 0.3) is 0 Å². The van der Waals surface area contributed by atoms with E-state index in [1.165, 1.54) is 5.39 Å². The summed E-state index contributed by atoms with van der Waals surface area (Å²) in [5, 5.41) is 1.19. The van der Waals surface area contributed by atoms with Gasteiger partial charge in [-0.15, -0.1) is 0 Å². The second kappa shape index (κ2) is 4.18. The highest BCUT2D eigenvalue weighted by Gasteiger charge is 2.13. The van der Waals surface area contributed by atoms with Crippen molar-refractivity contribution in [2.45, 2.75) is 26.4 Å². The van der Waals surface area contributed by atoms with Crippen LogP contribution in [0, 0.1) is 0 Å². The van der Waals surface area contributed by atoms with Crippen molar-refractivity contribution in [2.75, 3.05) is 7.11 Å². The van der Waals surface area contributed by atoms with E-state index in [-0.39, 0.29) is 0 Å². The van der Waals surface area contributed by atoms with Crippen molar-refractivity contribution in [3.05, 3.63) is 30.0 Å². The zero-order valence-electron chi connectivity index (χ0n) is 10.0. The monoisotopic (exact) mass is 218 g/mol. The molecule has 16 heavy (non-hydrogen) atoms. The molecule has 3 nitrogen and oxygen atoms in total. The summed E-state index contributed by atoms with van der Waals surface area (Å²) >= 11 is 0. The number of fused-ring (bicyclic) bond motifs is 1. The molecule has 0 bridgehead atoms. The van der Waals surface area contributed by atoms with E-state index in [0.29, 0.717) is 12.6 Å². The fourth-order valence-corrected chi connectivity index (χ4v) is 2.22. The van der Waals surface area contributed by atoms with E-state index < -0.39 is 0 Å². The molecule has 86 valence electrons. The Morgan fingerprint density at radius 3 is 2.69 bits per heavy atom. The molecule has 1 aromatic heterocycles. The Labute approximate surface area is 95.8 Å². The Hall–Kier alpha value is -1.48. The fourth-order valence-electron chi connectivity index (χ4n) is 2.22. The van der Waals surface area contributed by atoms with Gasteiger partial charge in [0.2, 0.25) is 0 Å². The first-order valence-electron chi connectivity index (χ1n) is 5.56. The minimum Gasteiger partial charge on any atom is -0.495 e. The van der Waals surface area contributed by atoms with Crippen LogP contribution in [0.3, 0.4) is 0 Å². The van der Waals surface area contributed by atoms with Gasteiger partial charge in [-0.05, 0) is 26.0 Å². The lowest BCUT2D eigenvalue weighted by Gasteiger charge is -2.15. The quantitative estimate of drug-likeness (QED) is 0.860. The van der Waals surface area contributed by atoms with Crippen LogP contribution in [-0.2, 0) is 6.54 Å². The number of nitrogens with zero attached hydrogens (tertiary/aromatic N) is 1. The van der Waals surface area contributed by atoms with Gasteiger partial charge in [-0.3, -0.25) is 0 Å². The average molecular weight is 218 g/mol. The van der Waals surface area contributed by atoms with Crippen LogP contribution < -0.4 is 10.5 Å². The highest BCUT2D eigenvalue weighted by molar-refractivity contribution is 5.87. The number of benzene rings is 1. The fraction of sp³-hybridized carbons (Fsp3) is 0.385. The number of hydrogen-bond acceptors (Lipinski definition) is 2. The molecule has 1 heterocycles. The molecule has 0 aliphatic heterocycles. The number of para-hydroxylation sites is 1. The molecule has 2 N–H and O–H groups in total. The zero-order valence-corrected chi connectivity index (χ0v) is 10.0. The van der Waals surface area contributed by atoms with Gasteiger partial charge in [0.05, 0.1) is 12.6 Å². The maximum atomic E-state index is 5.78. The van der Waals surface area contributed by atoms with Crippen molar-refractivity contribution < 1.29 is 4.74 Å². The van der Waals surface area contributed by atoms with Gasteiger partial charge in [-0.25, -0.2) is 0 Å². The van der Waals surface area contributed by atoms with Crippen molar-refractivity contribution in [2.24, 2.45) is 5.73 Å². The summed E-state index contributed by atoms with van der Waals surface area (Å²) in [6, 6.07) is 8.61. The van der Waals surface area contributed by atoms with E-state index in [2.05, 4.69) is 30.5 Å². The molecular formula is C13H18N2O. The van der Waals surface area contributed by atoms with Gasteiger partial charge in [0.1, 0.15) is 5.75 Å². The van der Waals surface area contributed by atoms with Crippen molar-refractivity contribution in [3.8, 4) is 5.75 Å². The van der Waals surface area contributed by atoms with Crippen molar-refractivity contribution in [1.29, 1.82) is 0 Å². The molecule has 0 amide bonds. The molecule has 0 unspecified atom stereocenters. The summed E-state index contributed by atoms with van der Waals surface area (Å²) in [7, 11) is 1.70. The molecule has 0 spiro atoms. The minimum atomic E-state index is 0.382. The average Bonchev–Trinajstić information content (AvgIpc) is 2.66. The predicted molar refractivity (Wildman–Crippen MR) is 66.8 cm³/mol. The Kier molecular flexibility index (Phi) is 2.88. The smallest absolute Gasteiger partial charge is 0.143 e. The standard InChI is InChI=1S/C13H18N2O/c1-9(2)15-11(8-14)7-10-5-4-6-12(16-3)13(10)15/h4-7,9H,8,14H2,1-3H3. The SMILES string of the molecule is COc1cccc2cc(CN)n(C(C)C)c12. The Morgan fingerprint density at radius 2 is 2.12 bits per heavy atom. The van der Waals surface area contributed by atoms with Crippen molar-refractivity contribution in [3.63, 3.8) is 0 Å². The lowest BCUT2D eigenvalue weighted by atomic mass is 10.2. The molecular weight excluding hydrogens is 200 g/mol. The van der Waals surface area contributed by atoms with E-state index in [9.17, 15) is 0 Å². The largest absolute Gasteiger partial charge is 0.495 e. The topological polar surface area (TPSA) is 40.2 Å². The zero-order chi connectivity index (χ0) is 11.7. The van der Waals surface area contributed by atoms with Crippen molar-refractivity contribution >= 4 is 10.9 Å². The maximum absolute atomic E-state index is 5.78. The minimum absolute atomic E-state index is 0.382. The second-order valence-electron chi connectivity index (χ2n) is 4.20. The molecule has 2 rings (SSSR count). The molecule has 0 atom stereocenters. The van der Waals surface area contributed by atoms with Crippen LogP contribution in [0.15, 0.2) is 24.3 Å². The van der Waals surface area contributed by atoms with Crippen LogP contribution in [0.2, 0.25) is 0 Å². The number of hydrogen-bond donors (Lipinski definition) is 1.